The highest BCUT2D eigenvalue weighted by atomic mass is 35.5. The highest BCUT2D eigenvalue weighted by Crippen LogP contribution is 2.55. The summed E-state index contributed by atoms with van der Waals surface area (Å²) in [5, 5.41) is 13.5. The Morgan fingerprint density at radius 2 is 2.14 bits per heavy atom. The van der Waals surface area contributed by atoms with Gasteiger partial charge in [-0.1, -0.05) is 11.6 Å². The van der Waals surface area contributed by atoms with E-state index < -0.39 is 0 Å². The Morgan fingerprint density at radius 3 is 2.95 bits per heavy atom. The number of aromatic nitrogens is 3. The second-order valence-corrected chi connectivity index (χ2v) is 5.84. The second kappa shape index (κ2) is 4.79. The van der Waals surface area contributed by atoms with Gasteiger partial charge in [-0.25, -0.2) is 13.9 Å². The average Bonchev–Trinajstić information content (AvgIpc) is 3.16. The van der Waals surface area contributed by atoms with Crippen molar-refractivity contribution in [2.45, 2.75) is 18.3 Å². The Balaban J connectivity index is 1.73. The van der Waals surface area contributed by atoms with Crippen molar-refractivity contribution in [3.63, 3.8) is 0 Å². The zero-order chi connectivity index (χ0) is 15.3. The summed E-state index contributed by atoms with van der Waals surface area (Å²) in [5.41, 5.74) is 2.98. The summed E-state index contributed by atoms with van der Waals surface area (Å²) in [6.45, 7) is 0. The van der Waals surface area contributed by atoms with Gasteiger partial charge in [0, 0.05) is 18.0 Å². The molecule has 0 radical (unpaired) electrons. The van der Waals surface area contributed by atoms with Gasteiger partial charge in [0.05, 0.1) is 11.6 Å². The van der Waals surface area contributed by atoms with Gasteiger partial charge >= 0.3 is 0 Å². The molecule has 0 bridgehead atoms. The third kappa shape index (κ3) is 2.13. The van der Waals surface area contributed by atoms with Crippen LogP contribution in [0.25, 0.3) is 5.65 Å². The molecule has 108 valence electrons. The second-order valence-electron chi connectivity index (χ2n) is 5.45. The average molecular weight is 313 g/mol. The third-order valence-electron chi connectivity index (χ3n) is 4.03. The van der Waals surface area contributed by atoms with Crippen LogP contribution in [0.4, 0.5) is 4.39 Å². The number of nitrogens with zero attached hydrogens (tertiary/aromatic N) is 4. The molecule has 2 atom stereocenters. The van der Waals surface area contributed by atoms with Crippen LogP contribution in [-0.4, -0.2) is 14.6 Å². The van der Waals surface area contributed by atoms with Gasteiger partial charge in [-0.3, -0.25) is 0 Å². The first-order valence-corrected chi connectivity index (χ1v) is 7.24. The van der Waals surface area contributed by atoms with Gasteiger partial charge in [0.15, 0.2) is 5.65 Å². The van der Waals surface area contributed by atoms with Crippen molar-refractivity contribution in [2.24, 2.45) is 0 Å². The van der Waals surface area contributed by atoms with Gasteiger partial charge < -0.3 is 0 Å². The maximum absolute atomic E-state index is 13.6. The van der Waals surface area contributed by atoms with Gasteiger partial charge in [0.25, 0.3) is 0 Å². The summed E-state index contributed by atoms with van der Waals surface area (Å²) in [6.07, 6.45) is 4.31. The number of benzene rings is 1. The number of fused-ring (bicyclic) bond motifs is 1. The zero-order valence-electron chi connectivity index (χ0n) is 11.4. The Hall–Kier alpha value is -2.45. The highest BCUT2D eigenvalue weighted by Gasteiger charge is 2.41. The van der Waals surface area contributed by atoms with E-state index in [0.717, 1.165) is 23.2 Å². The highest BCUT2D eigenvalue weighted by molar-refractivity contribution is 6.29. The number of imidazole rings is 1. The van der Waals surface area contributed by atoms with Crippen LogP contribution >= 0.6 is 11.6 Å². The van der Waals surface area contributed by atoms with Crippen LogP contribution in [0.1, 0.15) is 34.9 Å². The minimum Gasteiger partial charge on any atom is -0.235 e. The van der Waals surface area contributed by atoms with E-state index in [9.17, 15) is 4.39 Å². The maximum Gasteiger partial charge on any atom is 0.157 e. The van der Waals surface area contributed by atoms with Gasteiger partial charge in [-0.15, -0.1) is 0 Å². The fourth-order valence-corrected chi connectivity index (χ4v) is 3.18. The Morgan fingerprint density at radius 1 is 1.27 bits per heavy atom. The van der Waals surface area contributed by atoms with Crippen molar-refractivity contribution in [3.8, 4) is 6.07 Å². The van der Waals surface area contributed by atoms with Crippen LogP contribution in [0.2, 0.25) is 5.15 Å². The fourth-order valence-electron chi connectivity index (χ4n) is 2.98. The maximum atomic E-state index is 13.6. The summed E-state index contributed by atoms with van der Waals surface area (Å²) in [4.78, 5) is 4.32. The van der Waals surface area contributed by atoms with E-state index in [0.29, 0.717) is 10.7 Å². The first kappa shape index (κ1) is 13.2. The quantitative estimate of drug-likeness (QED) is 0.725. The largest absolute Gasteiger partial charge is 0.235 e. The van der Waals surface area contributed by atoms with E-state index in [-0.39, 0.29) is 17.7 Å². The van der Waals surface area contributed by atoms with Crippen molar-refractivity contribution in [3.05, 3.63) is 64.3 Å². The summed E-state index contributed by atoms with van der Waals surface area (Å²) in [6, 6.07) is 8.30. The van der Waals surface area contributed by atoms with Gasteiger partial charge in [0.2, 0.25) is 0 Å². The number of hydrogen-bond donors (Lipinski definition) is 0. The molecule has 22 heavy (non-hydrogen) atoms. The molecule has 3 aromatic rings. The SMILES string of the molecule is N#Cc1cc(F)cc([C@H]2C[C@@H]2c2cc(Cl)nn3ccnc23)c1. The van der Waals surface area contributed by atoms with E-state index in [1.165, 1.54) is 12.1 Å². The summed E-state index contributed by atoms with van der Waals surface area (Å²) in [5.74, 6) is 0.0268. The molecule has 2 heterocycles. The molecule has 6 heteroatoms. The van der Waals surface area contributed by atoms with E-state index in [1.54, 1.807) is 23.0 Å². The Labute approximate surface area is 130 Å². The summed E-state index contributed by atoms with van der Waals surface area (Å²) >= 11 is 6.06. The summed E-state index contributed by atoms with van der Waals surface area (Å²) < 4.78 is 15.3. The number of nitriles is 1. The number of halogens is 2. The summed E-state index contributed by atoms with van der Waals surface area (Å²) in [7, 11) is 0. The molecule has 0 amide bonds. The smallest absolute Gasteiger partial charge is 0.157 e. The van der Waals surface area contributed by atoms with Gasteiger partial charge in [-0.2, -0.15) is 10.4 Å². The van der Waals surface area contributed by atoms with Crippen LogP contribution in [-0.2, 0) is 0 Å². The van der Waals surface area contributed by atoms with Crippen LogP contribution < -0.4 is 0 Å². The van der Waals surface area contributed by atoms with E-state index in [2.05, 4.69) is 10.1 Å². The molecule has 4 nitrogen and oxygen atoms in total. The molecule has 1 aliphatic carbocycles. The molecule has 1 aromatic carbocycles. The Bertz CT molecular complexity index is 928. The molecule has 4 rings (SSSR count). The lowest BCUT2D eigenvalue weighted by atomic mass is 10.0. The minimum atomic E-state index is -0.376. The monoisotopic (exact) mass is 312 g/mol. The molecule has 1 fully saturated rings. The normalized spacial score (nSPS) is 20.0. The third-order valence-corrected chi connectivity index (χ3v) is 4.21. The van der Waals surface area contributed by atoms with Crippen LogP contribution in [0.15, 0.2) is 36.7 Å². The standard InChI is InChI=1S/C16H10ClFN4/c17-15-7-14(16-20-1-2-22(16)21-15)13-6-12(13)10-3-9(8-19)4-11(18)5-10/h1-5,7,12-13H,6H2/t12-,13+/m1/s1. The molecule has 2 aromatic heterocycles. The first-order chi connectivity index (χ1) is 10.7. The van der Waals surface area contributed by atoms with Crippen molar-refractivity contribution in [2.75, 3.05) is 0 Å². The minimum absolute atomic E-state index is 0.182. The van der Waals surface area contributed by atoms with Gasteiger partial charge in [-0.05, 0) is 48.1 Å². The van der Waals surface area contributed by atoms with E-state index in [4.69, 9.17) is 16.9 Å². The fraction of sp³-hybridized carbons (Fsp3) is 0.188. The molecule has 1 saturated carbocycles. The molecule has 0 saturated heterocycles. The predicted octanol–water partition coefficient (Wildman–Crippen LogP) is 3.66. The molecule has 1 aliphatic rings. The van der Waals surface area contributed by atoms with Crippen LogP contribution in [0.3, 0.4) is 0 Å². The zero-order valence-corrected chi connectivity index (χ0v) is 12.1. The lowest BCUT2D eigenvalue weighted by Crippen LogP contribution is -1.97. The predicted molar refractivity (Wildman–Crippen MR) is 79.2 cm³/mol. The molecule has 0 unspecified atom stereocenters. The van der Waals surface area contributed by atoms with Crippen molar-refractivity contribution in [1.82, 2.24) is 14.6 Å². The number of hydrogen-bond acceptors (Lipinski definition) is 3. The molecule has 0 aliphatic heterocycles. The van der Waals surface area contributed by atoms with E-state index in [1.807, 2.05) is 12.1 Å². The van der Waals surface area contributed by atoms with Gasteiger partial charge in [0.1, 0.15) is 11.0 Å². The molecular weight excluding hydrogens is 303 g/mol. The number of rotatable bonds is 2. The lowest BCUT2D eigenvalue weighted by molar-refractivity contribution is 0.625. The van der Waals surface area contributed by atoms with Crippen molar-refractivity contribution >= 4 is 17.2 Å². The topological polar surface area (TPSA) is 54.0 Å². The Kier molecular flexibility index (Phi) is 2.88. The van der Waals surface area contributed by atoms with E-state index >= 15 is 0 Å². The molecule has 0 N–H and O–H groups in total. The van der Waals surface area contributed by atoms with Crippen molar-refractivity contribution in [1.29, 1.82) is 5.26 Å². The molecular formula is C16H10ClFN4. The molecule has 0 spiro atoms. The van der Waals surface area contributed by atoms with Crippen molar-refractivity contribution < 1.29 is 4.39 Å². The lowest BCUT2D eigenvalue weighted by Gasteiger charge is -2.05. The van der Waals surface area contributed by atoms with Crippen LogP contribution in [0.5, 0.6) is 0 Å². The van der Waals surface area contributed by atoms with Crippen LogP contribution in [0, 0.1) is 17.1 Å². The first-order valence-electron chi connectivity index (χ1n) is 6.86.